The second kappa shape index (κ2) is 7.27. The molecule has 0 radical (unpaired) electrons. The van der Waals surface area contributed by atoms with Crippen molar-refractivity contribution in [2.75, 3.05) is 11.4 Å². The molecule has 1 aliphatic carbocycles. The van der Waals surface area contributed by atoms with E-state index in [1.807, 2.05) is 30.3 Å². The van der Waals surface area contributed by atoms with Gasteiger partial charge in [-0.3, -0.25) is 9.78 Å². The highest BCUT2D eigenvalue weighted by atomic mass is 16.1. The van der Waals surface area contributed by atoms with E-state index < -0.39 is 0 Å². The van der Waals surface area contributed by atoms with Gasteiger partial charge in [-0.2, -0.15) is 0 Å². The Balaban J connectivity index is 1.79. The average molecular weight is 309 g/mol. The molecular weight excluding hydrogens is 286 g/mol. The fourth-order valence-electron chi connectivity index (χ4n) is 3.16. The molecule has 1 aliphatic rings. The summed E-state index contributed by atoms with van der Waals surface area (Å²) >= 11 is 0. The lowest BCUT2D eigenvalue weighted by Gasteiger charge is -2.23. The Kier molecular flexibility index (Phi) is 4.91. The van der Waals surface area contributed by atoms with Crippen molar-refractivity contribution in [2.45, 2.75) is 38.6 Å². The van der Waals surface area contributed by atoms with Crippen LogP contribution in [0, 0.1) is 0 Å². The Morgan fingerprint density at radius 2 is 1.91 bits per heavy atom. The monoisotopic (exact) mass is 309 g/mol. The van der Waals surface area contributed by atoms with Gasteiger partial charge in [0.15, 0.2) is 0 Å². The van der Waals surface area contributed by atoms with Crippen LogP contribution in [-0.4, -0.2) is 23.5 Å². The standard InChI is InChI=1S/C19H23N3O/c1-2-22(16-10-4-3-5-11-16)17-12-13-20-18(14-17)19(23)21-15-8-6-7-9-15/h3-5,10-15H,2,6-9H2,1H3,(H,21,23). The summed E-state index contributed by atoms with van der Waals surface area (Å²) in [5, 5.41) is 3.10. The number of rotatable bonds is 5. The zero-order valence-electron chi connectivity index (χ0n) is 13.5. The van der Waals surface area contributed by atoms with E-state index >= 15 is 0 Å². The Morgan fingerprint density at radius 1 is 1.17 bits per heavy atom. The second-order valence-corrected chi connectivity index (χ2v) is 5.93. The van der Waals surface area contributed by atoms with Crippen molar-refractivity contribution in [3.8, 4) is 0 Å². The molecule has 1 aromatic carbocycles. The van der Waals surface area contributed by atoms with Crippen LogP contribution in [0.2, 0.25) is 0 Å². The van der Waals surface area contributed by atoms with E-state index in [2.05, 4.69) is 34.3 Å². The molecule has 0 aliphatic heterocycles. The molecule has 23 heavy (non-hydrogen) atoms. The molecule has 3 rings (SSSR count). The Morgan fingerprint density at radius 3 is 2.61 bits per heavy atom. The van der Waals surface area contributed by atoms with E-state index in [1.165, 1.54) is 12.8 Å². The fourth-order valence-corrected chi connectivity index (χ4v) is 3.16. The lowest BCUT2D eigenvalue weighted by molar-refractivity contribution is 0.0933. The van der Waals surface area contributed by atoms with Crippen molar-refractivity contribution in [3.05, 3.63) is 54.4 Å². The molecule has 0 atom stereocenters. The molecule has 1 saturated carbocycles. The smallest absolute Gasteiger partial charge is 0.270 e. The first kappa shape index (κ1) is 15.5. The Bertz CT molecular complexity index is 651. The molecule has 4 heteroatoms. The summed E-state index contributed by atoms with van der Waals surface area (Å²) in [6.45, 7) is 2.93. The fraction of sp³-hybridized carbons (Fsp3) is 0.368. The number of hydrogen-bond donors (Lipinski definition) is 1. The van der Waals surface area contributed by atoms with Crippen LogP contribution in [0.4, 0.5) is 11.4 Å². The van der Waals surface area contributed by atoms with Crippen LogP contribution in [0.3, 0.4) is 0 Å². The van der Waals surface area contributed by atoms with Crippen LogP contribution < -0.4 is 10.2 Å². The van der Waals surface area contributed by atoms with Gasteiger partial charge >= 0.3 is 0 Å². The quantitative estimate of drug-likeness (QED) is 0.910. The number of pyridine rings is 1. The first-order valence-corrected chi connectivity index (χ1v) is 8.37. The van der Waals surface area contributed by atoms with Crippen molar-refractivity contribution < 1.29 is 4.79 Å². The summed E-state index contributed by atoms with van der Waals surface area (Å²) in [4.78, 5) is 18.8. The molecule has 0 saturated heterocycles. The zero-order valence-corrected chi connectivity index (χ0v) is 13.5. The number of para-hydroxylation sites is 1. The largest absolute Gasteiger partial charge is 0.348 e. The number of aromatic nitrogens is 1. The molecule has 120 valence electrons. The summed E-state index contributed by atoms with van der Waals surface area (Å²) in [5.74, 6) is -0.0668. The number of anilines is 2. The first-order chi connectivity index (χ1) is 11.3. The van der Waals surface area contributed by atoms with Crippen LogP contribution in [-0.2, 0) is 0 Å². The van der Waals surface area contributed by atoms with Gasteiger partial charge < -0.3 is 10.2 Å². The lowest BCUT2D eigenvalue weighted by Crippen LogP contribution is -2.33. The van der Waals surface area contributed by atoms with Gasteiger partial charge in [0.05, 0.1) is 0 Å². The number of amides is 1. The van der Waals surface area contributed by atoms with Gasteiger partial charge in [0.2, 0.25) is 0 Å². The number of carbonyl (C=O) groups is 1. The molecule has 0 spiro atoms. The third-order valence-electron chi connectivity index (χ3n) is 4.36. The summed E-state index contributed by atoms with van der Waals surface area (Å²) < 4.78 is 0. The molecule has 0 bridgehead atoms. The van der Waals surface area contributed by atoms with Gasteiger partial charge in [0.1, 0.15) is 5.69 Å². The summed E-state index contributed by atoms with van der Waals surface area (Å²) in [6.07, 6.45) is 6.28. The van der Waals surface area contributed by atoms with E-state index in [9.17, 15) is 4.79 Å². The normalized spacial score (nSPS) is 14.7. The minimum atomic E-state index is -0.0668. The van der Waals surface area contributed by atoms with E-state index in [1.54, 1.807) is 6.20 Å². The van der Waals surface area contributed by atoms with Gasteiger partial charge in [-0.05, 0) is 44.0 Å². The van der Waals surface area contributed by atoms with Crippen molar-refractivity contribution in [3.63, 3.8) is 0 Å². The highest BCUT2D eigenvalue weighted by molar-refractivity contribution is 5.93. The second-order valence-electron chi connectivity index (χ2n) is 5.93. The highest BCUT2D eigenvalue weighted by Crippen LogP contribution is 2.25. The van der Waals surface area contributed by atoms with Gasteiger partial charge in [-0.1, -0.05) is 31.0 Å². The summed E-state index contributed by atoms with van der Waals surface area (Å²) in [7, 11) is 0. The van der Waals surface area contributed by atoms with E-state index in [4.69, 9.17) is 0 Å². The molecule has 4 nitrogen and oxygen atoms in total. The van der Waals surface area contributed by atoms with E-state index in [0.717, 1.165) is 30.8 Å². The van der Waals surface area contributed by atoms with Gasteiger partial charge in [-0.15, -0.1) is 0 Å². The molecule has 2 aromatic rings. The minimum absolute atomic E-state index is 0.0668. The topological polar surface area (TPSA) is 45.2 Å². The first-order valence-electron chi connectivity index (χ1n) is 8.37. The highest BCUT2D eigenvalue weighted by Gasteiger charge is 2.19. The van der Waals surface area contributed by atoms with E-state index in [0.29, 0.717) is 11.7 Å². The maximum atomic E-state index is 12.4. The third kappa shape index (κ3) is 3.70. The average Bonchev–Trinajstić information content (AvgIpc) is 3.10. The van der Waals surface area contributed by atoms with Crippen molar-refractivity contribution in [1.82, 2.24) is 10.3 Å². The maximum Gasteiger partial charge on any atom is 0.270 e. The summed E-state index contributed by atoms with van der Waals surface area (Å²) in [5.41, 5.74) is 2.59. The van der Waals surface area contributed by atoms with Crippen molar-refractivity contribution in [2.24, 2.45) is 0 Å². The number of nitrogens with one attached hydrogen (secondary N) is 1. The Labute approximate surface area is 137 Å². The number of nitrogens with zero attached hydrogens (tertiary/aromatic N) is 2. The van der Waals surface area contributed by atoms with Gasteiger partial charge in [0.25, 0.3) is 5.91 Å². The van der Waals surface area contributed by atoms with Crippen LogP contribution in [0.15, 0.2) is 48.7 Å². The molecular formula is C19H23N3O. The molecule has 0 unspecified atom stereocenters. The predicted octanol–water partition coefficient (Wildman–Crippen LogP) is 3.91. The van der Waals surface area contributed by atoms with Crippen molar-refractivity contribution >= 4 is 17.3 Å². The molecule has 1 amide bonds. The number of hydrogen-bond acceptors (Lipinski definition) is 3. The molecule has 1 heterocycles. The maximum absolute atomic E-state index is 12.4. The van der Waals surface area contributed by atoms with Crippen LogP contribution >= 0.6 is 0 Å². The molecule has 1 N–H and O–H groups in total. The SMILES string of the molecule is CCN(c1ccccc1)c1ccnc(C(=O)NC2CCCC2)c1. The van der Waals surface area contributed by atoms with Gasteiger partial charge in [-0.25, -0.2) is 0 Å². The zero-order chi connectivity index (χ0) is 16.1. The van der Waals surface area contributed by atoms with E-state index in [-0.39, 0.29) is 5.91 Å². The third-order valence-corrected chi connectivity index (χ3v) is 4.36. The summed E-state index contributed by atoms with van der Waals surface area (Å²) in [6, 6.07) is 14.3. The van der Waals surface area contributed by atoms with Crippen molar-refractivity contribution in [1.29, 1.82) is 0 Å². The number of carbonyl (C=O) groups excluding carboxylic acids is 1. The molecule has 1 fully saturated rings. The van der Waals surface area contributed by atoms with Crippen LogP contribution in [0.1, 0.15) is 43.1 Å². The molecule has 1 aromatic heterocycles. The van der Waals surface area contributed by atoms with Gasteiger partial charge in [0, 0.05) is 30.2 Å². The number of benzene rings is 1. The predicted molar refractivity (Wildman–Crippen MR) is 93.1 cm³/mol. The van der Waals surface area contributed by atoms with Crippen LogP contribution in [0.5, 0.6) is 0 Å². The lowest BCUT2D eigenvalue weighted by atomic mass is 10.2. The Hall–Kier alpha value is -2.36. The van der Waals surface area contributed by atoms with Crippen LogP contribution in [0.25, 0.3) is 0 Å². The minimum Gasteiger partial charge on any atom is -0.348 e.